The Bertz CT molecular complexity index is 202. The van der Waals surface area contributed by atoms with E-state index in [1.165, 1.54) is 0 Å². The summed E-state index contributed by atoms with van der Waals surface area (Å²) in [7, 11) is 0. The van der Waals surface area contributed by atoms with Crippen LogP contribution in [0.1, 0.15) is 18.4 Å². The fourth-order valence-electron chi connectivity index (χ4n) is 1.16. The minimum atomic E-state index is -0.168. The van der Waals surface area contributed by atoms with Gasteiger partial charge in [0.25, 0.3) is 0 Å². The first-order valence-electron chi connectivity index (χ1n) is 3.83. The molecule has 11 heavy (non-hydrogen) atoms. The Morgan fingerprint density at radius 2 is 2.18 bits per heavy atom. The van der Waals surface area contributed by atoms with Gasteiger partial charge >= 0.3 is 0 Å². The molecule has 1 N–H and O–H groups in total. The van der Waals surface area contributed by atoms with E-state index in [0.29, 0.717) is 0 Å². The van der Waals surface area contributed by atoms with E-state index in [9.17, 15) is 0 Å². The Labute approximate surface area is 65.3 Å². The first kappa shape index (κ1) is 6.88. The topological polar surface area (TPSA) is 34.2 Å². The zero-order chi connectivity index (χ0) is 7.52. The minimum Gasteiger partial charge on any atom is -0.361 e. The number of H-pyrrole nitrogens is 1. The van der Waals surface area contributed by atoms with E-state index in [2.05, 4.69) is 4.98 Å². The summed E-state index contributed by atoms with van der Waals surface area (Å²) in [4.78, 5) is 3.06. The second-order valence-corrected chi connectivity index (χ2v) is 2.55. The highest BCUT2D eigenvalue weighted by Gasteiger charge is 2.16. The van der Waals surface area contributed by atoms with Crippen LogP contribution in [0.15, 0.2) is 18.3 Å². The summed E-state index contributed by atoms with van der Waals surface area (Å²) in [6, 6.07) is 3.91. The van der Waals surface area contributed by atoms with Crippen LogP contribution in [0.2, 0.25) is 0 Å². The average molecular weight is 153 g/mol. The highest BCUT2D eigenvalue weighted by Crippen LogP contribution is 2.20. The van der Waals surface area contributed by atoms with Gasteiger partial charge in [-0.3, -0.25) is 0 Å². The number of rotatable bonds is 1. The molecule has 0 aliphatic carbocycles. The Morgan fingerprint density at radius 1 is 1.36 bits per heavy atom. The van der Waals surface area contributed by atoms with Gasteiger partial charge < -0.3 is 14.5 Å². The first-order chi connectivity index (χ1) is 5.47. The number of nitrogens with one attached hydrogen (secondary N) is 1. The molecule has 2 rings (SSSR count). The van der Waals surface area contributed by atoms with Crippen LogP contribution in [-0.4, -0.2) is 18.2 Å². The second-order valence-electron chi connectivity index (χ2n) is 2.55. The summed E-state index contributed by atoms with van der Waals surface area (Å²) in [5, 5.41) is 0. The van der Waals surface area contributed by atoms with E-state index in [1.807, 2.05) is 18.3 Å². The zero-order valence-corrected chi connectivity index (χ0v) is 6.25. The molecule has 0 unspecified atom stereocenters. The van der Waals surface area contributed by atoms with Crippen LogP contribution in [0, 0.1) is 0 Å². The molecule has 0 saturated carbocycles. The van der Waals surface area contributed by atoms with Crippen LogP contribution < -0.4 is 0 Å². The Morgan fingerprint density at radius 3 is 2.82 bits per heavy atom. The van der Waals surface area contributed by atoms with Gasteiger partial charge in [0.15, 0.2) is 6.29 Å². The molecule has 3 nitrogen and oxygen atoms in total. The Hall–Kier alpha value is -0.800. The van der Waals surface area contributed by atoms with Crippen molar-refractivity contribution in [2.75, 3.05) is 13.2 Å². The summed E-state index contributed by atoms with van der Waals surface area (Å²) in [5.41, 5.74) is 1.00. The maximum absolute atomic E-state index is 5.37. The summed E-state index contributed by atoms with van der Waals surface area (Å²) in [5.74, 6) is 0. The molecule has 0 atom stereocenters. The second kappa shape index (κ2) is 3.07. The van der Waals surface area contributed by atoms with Gasteiger partial charge in [0, 0.05) is 6.20 Å². The molecule has 0 bridgehead atoms. The number of aromatic amines is 1. The lowest BCUT2D eigenvalue weighted by atomic mass is 10.4. The number of ether oxygens (including phenoxy) is 2. The summed E-state index contributed by atoms with van der Waals surface area (Å²) < 4.78 is 10.7. The molecule has 2 heterocycles. The Balaban J connectivity index is 2.04. The number of hydrogen-bond acceptors (Lipinski definition) is 2. The molecule has 1 aliphatic rings. The summed E-state index contributed by atoms with van der Waals surface area (Å²) >= 11 is 0. The van der Waals surface area contributed by atoms with Crippen molar-refractivity contribution >= 4 is 0 Å². The van der Waals surface area contributed by atoms with Gasteiger partial charge in [-0.05, 0) is 18.6 Å². The zero-order valence-electron chi connectivity index (χ0n) is 6.25. The van der Waals surface area contributed by atoms with Gasteiger partial charge in [0.1, 0.15) is 0 Å². The quantitative estimate of drug-likeness (QED) is 0.662. The van der Waals surface area contributed by atoms with Crippen LogP contribution in [0.4, 0.5) is 0 Å². The smallest absolute Gasteiger partial charge is 0.198 e. The lowest BCUT2D eigenvalue weighted by Crippen LogP contribution is -2.17. The van der Waals surface area contributed by atoms with E-state index in [1.54, 1.807) is 0 Å². The predicted octanol–water partition coefficient (Wildman–Crippen LogP) is 1.45. The molecule has 60 valence electrons. The lowest BCUT2D eigenvalue weighted by Gasteiger charge is -2.21. The van der Waals surface area contributed by atoms with Crippen LogP contribution >= 0.6 is 0 Å². The molecule has 3 heteroatoms. The maximum Gasteiger partial charge on any atom is 0.198 e. The molecule has 0 amide bonds. The van der Waals surface area contributed by atoms with Crippen molar-refractivity contribution in [1.82, 2.24) is 4.98 Å². The molecule has 0 radical (unpaired) electrons. The van der Waals surface area contributed by atoms with E-state index in [0.717, 1.165) is 25.3 Å². The van der Waals surface area contributed by atoms with Gasteiger partial charge in [-0.15, -0.1) is 0 Å². The molecule has 0 aromatic carbocycles. The monoisotopic (exact) mass is 153 g/mol. The van der Waals surface area contributed by atoms with Crippen molar-refractivity contribution < 1.29 is 9.47 Å². The van der Waals surface area contributed by atoms with Crippen LogP contribution in [0.5, 0.6) is 0 Å². The van der Waals surface area contributed by atoms with E-state index in [-0.39, 0.29) is 6.29 Å². The summed E-state index contributed by atoms with van der Waals surface area (Å²) in [6.45, 7) is 1.59. The third-order valence-corrected chi connectivity index (χ3v) is 1.70. The molecular weight excluding hydrogens is 142 g/mol. The lowest BCUT2D eigenvalue weighted by molar-refractivity contribution is -0.184. The first-order valence-corrected chi connectivity index (χ1v) is 3.83. The SMILES string of the molecule is c1c[nH]c(C2OCCCO2)c1. The molecule has 0 spiro atoms. The van der Waals surface area contributed by atoms with Gasteiger partial charge in [-0.25, -0.2) is 0 Å². The normalized spacial score (nSPS) is 20.4. The van der Waals surface area contributed by atoms with Crippen molar-refractivity contribution in [2.24, 2.45) is 0 Å². The highest BCUT2D eigenvalue weighted by atomic mass is 16.7. The van der Waals surface area contributed by atoms with Gasteiger partial charge in [-0.1, -0.05) is 0 Å². The minimum absolute atomic E-state index is 0.168. The van der Waals surface area contributed by atoms with E-state index < -0.39 is 0 Å². The van der Waals surface area contributed by atoms with Crippen molar-refractivity contribution in [1.29, 1.82) is 0 Å². The van der Waals surface area contributed by atoms with E-state index in [4.69, 9.17) is 9.47 Å². The molecule has 1 saturated heterocycles. The van der Waals surface area contributed by atoms with Gasteiger partial charge in [-0.2, -0.15) is 0 Å². The Kier molecular flexibility index (Phi) is 1.92. The van der Waals surface area contributed by atoms with Gasteiger partial charge in [0.05, 0.1) is 18.9 Å². The van der Waals surface area contributed by atoms with Crippen molar-refractivity contribution in [2.45, 2.75) is 12.7 Å². The van der Waals surface area contributed by atoms with Crippen LogP contribution in [0.3, 0.4) is 0 Å². The van der Waals surface area contributed by atoms with Crippen molar-refractivity contribution in [3.05, 3.63) is 24.0 Å². The van der Waals surface area contributed by atoms with Crippen LogP contribution in [-0.2, 0) is 9.47 Å². The number of aromatic nitrogens is 1. The molecule has 1 aliphatic heterocycles. The highest BCUT2D eigenvalue weighted by molar-refractivity contribution is 5.05. The van der Waals surface area contributed by atoms with Crippen molar-refractivity contribution in [3.63, 3.8) is 0 Å². The van der Waals surface area contributed by atoms with E-state index >= 15 is 0 Å². The fourth-order valence-corrected chi connectivity index (χ4v) is 1.16. The molecule has 1 aromatic rings. The average Bonchev–Trinajstić information content (AvgIpc) is 2.58. The molecule has 1 aromatic heterocycles. The maximum atomic E-state index is 5.37. The van der Waals surface area contributed by atoms with Gasteiger partial charge in [0.2, 0.25) is 0 Å². The fraction of sp³-hybridized carbons (Fsp3) is 0.500. The third-order valence-electron chi connectivity index (χ3n) is 1.70. The summed E-state index contributed by atoms with van der Waals surface area (Å²) in [6.07, 6.45) is 2.70. The third kappa shape index (κ3) is 1.44. The largest absolute Gasteiger partial charge is 0.361 e. The van der Waals surface area contributed by atoms with Crippen molar-refractivity contribution in [3.8, 4) is 0 Å². The van der Waals surface area contributed by atoms with Crippen LogP contribution in [0.25, 0.3) is 0 Å². The standard InChI is InChI=1S/C8H11NO2/c1-3-7(9-4-1)8-10-5-2-6-11-8/h1,3-4,8-9H,2,5-6H2. The molecule has 1 fully saturated rings. The predicted molar refractivity (Wildman–Crippen MR) is 40.1 cm³/mol. The number of hydrogen-bond donors (Lipinski definition) is 1. The molecular formula is C8H11NO2.